The third-order valence-corrected chi connectivity index (χ3v) is 7.24. The average Bonchev–Trinajstić information content (AvgIpc) is 3.56. The third kappa shape index (κ3) is 5.52. The quantitative estimate of drug-likeness (QED) is 0.405. The highest BCUT2D eigenvalue weighted by molar-refractivity contribution is 5.92. The van der Waals surface area contributed by atoms with Crippen molar-refractivity contribution >= 4 is 17.5 Å². The van der Waals surface area contributed by atoms with Gasteiger partial charge < -0.3 is 34.7 Å². The van der Waals surface area contributed by atoms with Gasteiger partial charge >= 0.3 is 0 Å². The number of ether oxygens (including phenoxy) is 4. The van der Waals surface area contributed by atoms with Gasteiger partial charge in [0.15, 0.2) is 11.5 Å². The molecule has 3 N–H and O–H groups in total. The SMILES string of the molecule is O=C(C[C@H]1C[C@@H]2c3cc(NC(=O)Cc4ccncc4)ccc3O[C@@H]2[C@@H](CO)O1)NCc1ccc2c(c1)OCO2. The molecule has 4 atom stereocenters. The lowest BCUT2D eigenvalue weighted by Gasteiger charge is -2.37. The molecule has 3 aromatic rings. The number of rotatable bonds is 8. The van der Waals surface area contributed by atoms with Crippen LogP contribution in [0.1, 0.15) is 35.4 Å². The van der Waals surface area contributed by atoms with E-state index in [1.54, 1.807) is 18.5 Å². The minimum atomic E-state index is -0.562. The van der Waals surface area contributed by atoms with Crippen molar-refractivity contribution in [3.05, 3.63) is 77.6 Å². The summed E-state index contributed by atoms with van der Waals surface area (Å²) >= 11 is 0. The van der Waals surface area contributed by atoms with Gasteiger partial charge in [-0.3, -0.25) is 14.6 Å². The lowest BCUT2D eigenvalue weighted by Crippen LogP contribution is -2.47. The summed E-state index contributed by atoms with van der Waals surface area (Å²) in [6.45, 7) is 0.330. The topological polar surface area (TPSA) is 128 Å². The van der Waals surface area contributed by atoms with Crippen LogP contribution in [0.5, 0.6) is 17.2 Å². The number of amides is 2. The zero-order valence-electron chi connectivity index (χ0n) is 21.2. The number of aromatic nitrogens is 1. The van der Waals surface area contributed by atoms with E-state index in [4.69, 9.17) is 18.9 Å². The lowest BCUT2D eigenvalue weighted by atomic mass is 9.84. The van der Waals surface area contributed by atoms with Crippen molar-refractivity contribution in [2.24, 2.45) is 0 Å². The number of nitrogens with zero attached hydrogens (tertiary/aromatic N) is 1. The molecule has 6 rings (SSSR count). The molecule has 4 heterocycles. The van der Waals surface area contributed by atoms with Gasteiger partial charge in [-0.15, -0.1) is 0 Å². The van der Waals surface area contributed by atoms with Crippen LogP contribution in [0.15, 0.2) is 60.9 Å². The molecule has 0 bridgehead atoms. The van der Waals surface area contributed by atoms with Gasteiger partial charge in [-0.05, 0) is 60.0 Å². The van der Waals surface area contributed by atoms with Crippen molar-refractivity contribution in [1.29, 1.82) is 0 Å². The van der Waals surface area contributed by atoms with Crippen molar-refractivity contribution in [3.63, 3.8) is 0 Å². The number of anilines is 1. The standard InChI is InChI=1S/C29H29N3O7/c33-15-26-29-22(12-20(38-26)13-27(34)31-14-18-1-3-24-25(9-18)37-16-36-24)21-11-19(2-4-23(21)39-29)32-28(35)10-17-5-7-30-8-6-17/h1-9,11,20,22,26,29,33H,10,12-16H2,(H,31,34)(H,32,35)/t20-,22-,26-,29+/m1/s1. The molecule has 2 amide bonds. The van der Waals surface area contributed by atoms with E-state index < -0.39 is 6.10 Å². The van der Waals surface area contributed by atoms with Crippen LogP contribution < -0.4 is 24.8 Å². The van der Waals surface area contributed by atoms with Crippen LogP contribution in [-0.4, -0.2) is 53.6 Å². The lowest BCUT2D eigenvalue weighted by molar-refractivity contribution is -0.142. The zero-order chi connectivity index (χ0) is 26.8. The Kier molecular flexibility index (Phi) is 7.04. The van der Waals surface area contributed by atoms with Crippen molar-refractivity contribution < 1.29 is 33.6 Å². The van der Waals surface area contributed by atoms with E-state index in [1.165, 1.54) is 0 Å². The third-order valence-electron chi connectivity index (χ3n) is 7.24. The van der Waals surface area contributed by atoms with Crippen LogP contribution in [0.2, 0.25) is 0 Å². The Labute approximate surface area is 225 Å². The molecule has 0 saturated carbocycles. The van der Waals surface area contributed by atoms with Gasteiger partial charge in [0.1, 0.15) is 18.0 Å². The number of pyridine rings is 1. The predicted molar refractivity (Wildman–Crippen MR) is 140 cm³/mol. The maximum absolute atomic E-state index is 12.8. The molecule has 10 nitrogen and oxygen atoms in total. The molecule has 3 aliphatic heterocycles. The van der Waals surface area contributed by atoms with Gasteiger partial charge in [0.25, 0.3) is 0 Å². The maximum atomic E-state index is 12.8. The van der Waals surface area contributed by atoms with Gasteiger partial charge in [0.05, 0.1) is 25.6 Å². The Bertz CT molecular complexity index is 1370. The van der Waals surface area contributed by atoms with Gasteiger partial charge in [0.2, 0.25) is 18.6 Å². The molecule has 0 radical (unpaired) electrons. The van der Waals surface area contributed by atoms with Crippen LogP contribution in [0.25, 0.3) is 0 Å². The Balaban J connectivity index is 1.09. The van der Waals surface area contributed by atoms with Crippen LogP contribution in [0.3, 0.4) is 0 Å². The van der Waals surface area contributed by atoms with Gasteiger partial charge in [-0.1, -0.05) is 6.07 Å². The second-order valence-corrected chi connectivity index (χ2v) is 9.91. The van der Waals surface area contributed by atoms with Crippen molar-refractivity contribution in [1.82, 2.24) is 10.3 Å². The summed E-state index contributed by atoms with van der Waals surface area (Å²) in [5.74, 6) is 1.71. The summed E-state index contributed by atoms with van der Waals surface area (Å²) in [5.41, 5.74) is 3.39. The Morgan fingerprint density at radius 3 is 2.62 bits per heavy atom. The number of benzene rings is 2. The van der Waals surface area contributed by atoms with Crippen LogP contribution in [-0.2, 0) is 27.3 Å². The molecule has 0 unspecified atom stereocenters. The molecule has 1 saturated heterocycles. The monoisotopic (exact) mass is 531 g/mol. The predicted octanol–water partition coefficient (Wildman–Crippen LogP) is 2.69. The molecule has 39 heavy (non-hydrogen) atoms. The minimum absolute atomic E-state index is 0.0744. The molecule has 3 aliphatic rings. The summed E-state index contributed by atoms with van der Waals surface area (Å²) < 4.78 is 22.9. The van der Waals surface area contributed by atoms with Crippen molar-refractivity contribution in [3.8, 4) is 17.2 Å². The van der Waals surface area contributed by atoms with E-state index in [0.717, 1.165) is 16.7 Å². The van der Waals surface area contributed by atoms with Gasteiger partial charge in [-0.25, -0.2) is 0 Å². The molecule has 0 spiro atoms. The van der Waals surface area contributed by atoms with E-state index in [2.05, 4.69) is 15.6 Å². The number of aliphatic hydroxyl groups is 1. The smallest absolute Gasteiger partial charge is 0.231 e. The summed E-state index contributed by atoms with van der Waals surface area (Å²) in [6, 6.07) is 14.7. The number of fused-ring (bicyclic) bond motifs is 4. The summed E-state index contributed by atoms with van der Waals surface area (Å²) in [7, 11) is 0. The number of carbonyl (C=O) groups is 2. The molecule has 202 valence electrons. The van der Waals surface area contributed by atoms with E-state index in [-0.39, 0.29) is 56.2 Å². The van der Waals surface area contributed by atoms with Crippen LogP contribution in [0.4, 0.5) is 5.69 Å². The minimum Gasteiger partial charge on any atom is -0.487 e. The first-order valence-electron chi connectivity index (χ1n) is 13.0. The highest BCUT2D eigenvalue weighted by atomic mass is 16.7. The summed E-state index contributed by atoms with van der Waals surface area (Å²) in [4.78, 5) is 29.3. The first kappa shape index (κ1) is 25.1. The molecule has 10 heteroatoms. The number of hydrogen-bond acceptors (Lipinski definition) is 8. The first-order valence-corrected chi connectivity index (χ1v) is 13.0. The van der Waals surface area contributed by atoms with Crippen molar-refractivity contribution in [2.75, 3.05) is 18.7 Å². The van der Waals surface area contributed by atoms with E-state index >= 15 is 0 Å². The average molecular weight is 532 g/mol. The van der Waals surface area contributed by atoms with E-state index in [0.29, 0.717) is 35.9 Å². The van der Waals surface area contributed by atoms with Crippen LogP contribution in [0, 0.1) is 0 Å². The molecule has 1 aromatic heterocycles. The number of carbonyl (C=O) groups excluding carboxylic acids is 2. The largest absolute Gasteiger partial charge is 0.487 e. The van der Waals surface area contributed by atoms with Crippen molar-refractivity contribution in [2.45, 2.75) is 50.0 Å². The number of nitrogens with one attached hydrogen (secondary N) is 2. The Hall–Kier alpha value is -4.15. The fourth-order valence-corrected chi connectivity index (χ4v) is 5.39. The Morgan fingerprint density at radius 2 is 1.77 bits per heavy atom. The van der Waals surface area contributed by atoms with E-state index in [9.17, 15) is 14.7 Å². The molecule has 2 aromatic carbocycles. The highest BCUT2D eigenvalue weighted by Crippen LogP contribution is 2.47. The molecular weight excluding hydrogens is 502 g/mol. The van der Waals surface area contributed by atoms with E-state index in [1.807, 2.05) is 42.5 Å². The highest BCUT2D eigenvalue weighted by Gasteiger charge is 2.46. The Morgan fingerprint density at radius 1 is 0.949 bits per heavy atom. The second kappa shape index (κ2) is 10.9. The number of aliphatic hydroxyl groups excluding tert-OH is 1. The summed E-state index contributed by atoms with van der Waals surface area (Å²) in [6.07, 6.45) is 2.96. The summed E-state index contributed by atoms with van der Waals surface area (Å²) in [5, 5.41) is 15.9. The maximum Gasteiger partial charge on any atom is 0.231 e. The molecule has 1 fully saturated rings. The first-order chi connectivity index (χ1) is 19.1. The zero-order valence-corrected chi connectivity index (χ0v) is 21.2. The van der Waals surface area contributed by atoms with Crippen LogP contribution >= 0.6 is 0 Å². The molecule has 0 aliphatic carbocycles. The second-order valence-electron chi connectivity index (χ2n) is 9.91. The number of hydrogen-bond donors (Lipinski definition) is 3. The normalized spacial score (nSPS) is 22.4. The molecular formula is C29H29N3O7. The van der Waals surface area contributed by atoms with Gasteiger partial charge in [-0.2, -0.15) is 0 Å². The van der Waals surface area contributed by atoms with Gasteiger partial charge in [0, 0.05) is 36.1 Å². The fraction of sp³-hybridized carbons (Fsp3) is 0.345. The fourth-order valence-electron chi connectivity index (χ4n) is 5.39.